The molecule has 0 spiro atoms. The van der Waals surface area contributed by atoms with Gasteiger partial charge >= 0.3 is 0 Å². The van der Waals surface area contributed by atoms with Crippen molar-refractivity contribution in [3.8, 4) is 0 Å². The molecule has 6 heteroatoms. The van der Waals surface area contributed by atoms with Gasteiger partial charge in [-0.05, 0) is 0 Å². The Morgan fingerprint density at radius 1 is 0.818 bits per heavy atom. The molecule has 1 rings (SSSR count). The van der Waals surface area contributed by atoms with Crippen LogP contribution in [-0.4, -0.2) is 46.1 Å². The van der Waals surface area contributed by atoms with Gasteiger partial charge in [-0.2, -0.15) is 0 Å². The lowest BCUT2D eigenvalue weighted by atomic mass is 10.0. The van der Waals surface area contributed by atoms with E-state index in [0.717, 1.165) is 0 Å². The minimum absolute atomic E-state index is 1.04. The van der Waals surface area contributed by atoms with Crippen LogP contribution in [0.25, 0.3) is 0 Å². The lowest BCUT2D eigenvalue weighted by Gasteiger charge is -2.36. The molecule has 1 aliphatic heterocycles. The highest BCUT2D eigenvalue weighted by Crippen LogP contribution is 2.14. The van der Waals surface area contributed by atoms with Crippen molar-refractivity contribution in [1.82, 2.24) is 0 Å². The normalized spacial score (nSPS) is 52.6. The Kier molecular flexibility index (Phi) is 2.43. The van der Waals surface area contributed by atoms with E-state index in [4.69, 9.17) is 26.8 Å². The Bertz CT molecular complexity index is 130. The van der Waals surface area contributed by atoms with Crippen molar-refractivity contribution < 1.29 is 20.1 Å². The van der Waals surface area contributed by atoms with Gasteiger partial charge in [0.1, 0.15) is 30.8 Å². The Hall–Kier alpha value is -0.240. The molecule has 1 saturated heterocycles. The highest BCUT2D eigenvalue weighted by atomic mass is 16.6. The molecule has 1 heterocycles. The third-order valence-electron chi connectivity index (χ3n) is 1.69. The average molecular weight is 164 g/mol. The first-order valence-corrected chi connectivity index (χ1v) is 3.25. The minimum Gasteiger partial charge on any atom is -0.387 e. The third kappa shape index (κ3) is 1.51. The maximum atomic E-state index is 9.05. The molecule has 1 fully saturated rings. The first-order chi connectivity index (χ1) is 5.04. The zero-order valence-electron chi connectivity index (χ0n) is 5.79. The van der Waals surface area contributed by atoms with Crippen LogP contribution in [0.5, 0.6) is 0 Å². The monoisotopic (exact) mass is 164 g/mol. The van der Waals surface area contributed by atoms with E-state index >= 15 is 0 Å². The summed E-state index contributed by atoms with van der Waals surface area (Å²) in [6.45, 7) is 0. The van der Waals surface area contributed by atoms with Crippen molar-refractivity contribution in [2.45, 2.75) is 30.8 Å². The number of aliphatic hydroxyl groups excluding tert-OH is 3. The van der Waals surface area contributed by atoms with Crippen LogP contribution in [0.15, 0.2) is 0 Å². The van der Waals surface area contributed by atoms with Crippen LogP contribution in [0.4, 0.5) is 0 Å². The van der Waals surface area contributed by atoms with Crippen LogP contribution in [0, 0.1) is 0 Å². The Morgan fingerprint density at radius 2 is 1.18 bits per heavy atom. The lowest BCUT2D eigenvalue weighted by Crippen LogP contribution is -2.62. The number of hydrogen-bond acceptors (Lipinski definition) is 6. The summed E-state index contributed by atoms with van der Waals surface area (Å²) < 4.78 is 4.68. The van der Waals surface area contributed by atoms with E-state index < -0.39 is 30.8 Å². The van der Waals surface area contributed by atoms with Crippen molar-refractivity contribution in [2.75, 3.05) is 0 Å². The van der Waals surface area contributed by atoms with Crippen molar-refractivity contribution in [3.63, 3.8) is 0 Å². The van der Waals surface area contributed by atoms with E-state index in [1.165, 1.54) is 0 Å². The molecule has 0 bridgehead atoms. The second-order valence-corrected chi connectivity index (χ2v) is 2.54. The van der Waals surface area contributed by atoms with Crippen LogP contribution in [-0.2, 0) is 4.74 Å². The maximum Gasteiger partial charge on any atom is 0.136 e. The fourth-order valence-corrected chi connectivity index (χ4v) is 0.933. The minimum atomic E-state index is -1.34. The molecular weight excluding hydrogens is 152 g/mol. The largest absolute Gasteiger partial charge is 0.387 e. The summed E-state index contributed by atoms with van der Waals surface area (Å²) in [4.78, 5) is 0. The zero-order valence-corrected chi connectivity index (χ0v) is 5.79. The van der Waals surface area contributed by atoms with E-state index in [0.29, 0.717) is 0 Å². The number of aliphatic hydroxyl groups is 3. The van der Waals surface area contributed by atoms with Gasteiger partial charge in [-0.1, -0.05) is 0 Å². The third-order valence-corrected chi connectivity index (χ3v) is 1.69. The molecule has 0 aromatic carbocycles. The van der Waals surface area contributed by atoms with Gasteiger partial charge in [0.15, 0.2) is 0 Å². The molecule has 6 nitrogen and oxygen atoms in total. The van der Waals surface area contributed by atoms with Crippen LogP contribution in [0.2, 0.25) is 0 Å². The number of ether oxygens (including phenoxy) is 1. The summed E-state index contributed by atoms with van der Waals surface area (Å²) >= 11 is 0. The summed E-state index contributed by atoms with van der Waals surface area (Å²) in [6.07, 6.45) is -5.99. The molecule has 0 aromatic rings. The molecule has 0 saturated carbocycles. The molecule has 7 N–H and O–H groups in total. The summed E-state index contributed by atoms with van der Waals surface area (Å²) in [5.41, 5.74) is 10.4. The average Bonchev–Trinajstić information content (AvgIpc) is 1.97. The van der Waals surface area contributed by atoms with Crippen LogP contribution in [0.1, 0.15) is 0 Å². The van der Waals surface area contributed by atoms with E-state index in [1.54, 1.807) is 0 Å². The lowest BCUT2D eigenvalue weighted by molar-refractivity contribution is -0.218. The van der Waals surface area contributed by atoms with Crippen LogP contribution >= 0.6 is 0 Å². The first-order valence-electron chi connectivity index (χ1n) is 3.25. The topological polar surface area (TPSA) is 122 Å². The summed E-state index contributed by atoms with van der Waals surface area (Å²) in [7, 11) is 0. The first kappa shape index (κ1) is 8.85. The van der Waals surface area contributed by atoms with E-state index in [2.05, 4.69) is 4.74 Å². The van der Waals surface area contributed by atoms with Gasteiger partial charge in [-0.3, -0.25) is 0 Å². The Morgan fingerprint density at radius 3 is 1.55 bits per heavy atom. The van der Waals surface area contributed by atoms with Crippen LogP contribution < -0.4 is 11.5 Å². The highest BCUT2D eigenvalue weighted by Gasteiger charge is 2.40. The van der Waals surface area contributed by atoms with Gasteiger partial charge in [-0.15, -0.1) is 0 Å². The highest BCUT2D eigenvalue weighted by molar-refractivity contribution is 4.87. The predicted octanol–water partition coefficient (Wildman–Crippen LogP) is -3.33. The van der Waals surface area contributed by atoms with E-state index in [-0.39, 0.29) is 0 Å². The fraction of sp³-hybridized carbons (Fsp3) is 1.00. The Balaban J connectivity index is 2.63. The summed E-state index contributed by atoms with van der Waals surface area (Å²) in [5.74, 6) is 0. The smallest absolute Gasteiger partial charge is 0.136 e. The zero-order chi connectivity index (χ0) is 8.59. The number of nitrogens with two attached hydrogens (primary N) is 2. The molecule has 0 aliphatic carbocycles. The maximum absolute atomic E-state index is 9.05. The second kappa shape index (κ2) is 3.02. The summed E-state index contributed by atoms with van der Waals surface area (Å²) in [6, 6.07) is 0. The standard InChI is InChI=1S/C5H12N2O4/c6-4-2(9)1(8)3(10)5(7)11-4/h1-5,8-10H,6-7H2. The molecule has 0 aromatic heterocycles. The molecule has 4 atom stereocenters. The predicted molar refractivity (Wildman–Crippen MR) is 35.1 cm³/mol. The van der Waals surface area contributed by atoms with Gasteiger partial charge in [-0.25, -0.2) is 0 Å². The SMILES string of the molecule is NC1OC(N)C(O)C(O)C1O. The van der Waals surface area contributed by atoms with Gasteiger partial charge in [0.2, 0.25) is 0 Å². The van der Waals surface area contributed by atoms with Crippen LogP contribution in [0.3, 0.4) is 0 Å². The van der Waals surface area contributed by atoms with Crippen molar-refractivity contribution in [1.29, 1.82) is 0 Å². The van der Waals surface area contributed by atoms with Gasteiger partial charge in [0.25, 0.3) is 0 Å². The van der Waals surface area contributed by atoms with E-state index in [9.17, 15) is 0 Å². The van der Waals surface area contributed by atoms with Crippen molar-refractivity contribution >= 4 is 0 Å². The fourth-order valence-electron chi connectivity index (χ4n) is 0.933. The quantitative estimate of drug-likeness (QED) is 0.255. The Labute approximate surface area is 63.4 Å². The molecule has 4 unspecified atom stereocenters. The molecule has 0 radical (unpaired) electrons. The van der Waals surface area contributed by atoms with E-state index in [1.807, 2.05) is 0 Å². The number of hydrogen-bond donors (Lipinski definition) is 5. The molecular formula is C5H12N2O4. The second-order valence-electron chi connectivity index (χ2n) is 2.54. The van der Waals surface area contributed by atoms with Gasteiger partial charge in [0, 0.05) is 0 Å². The number of rotatable bonds is 0. The van der Waals surface area contributed by atoms with Crippen molar-refractivity contribution in [3.05, 3.63) is 0 Å². The van der Waals surface area contributed by atoms with Gasteiger partial charge < -0.3 is 31.5 Å². The molecule has 11 heavy (non-hydrogen) atoms. The molecule has 0 amide bonds. The molecule has 66 valence electrons. The van der Waals surface area contributed by atoms with Crippen molar-refractivity contribution in [2.24, 2.45) is 11.5 Å². The molecule has 1 aliphatic rings. The summed E-state index contributed by atoms with van der Waals surface area (Å²) in [5, 5.41) is 27.1. The van der Waals surface area contributed by atoms with Gasteiger partial charge in [0.05, 0.1) is 0 Å².